The van der Waals surface area contributed by atoms with Crippen molar-refractivity contribution >= 4 is 22.6 Å². The third-order valence-electron chi connectivity index (χ3n) is 5.29. The van der Waals surface area contributed by atoms with E-state index in [0.717, 1.165) is 28.0 Å². The predicted molar refractivity (Wildman–Crippen MR) is 111 cm³/mol. The highest BCUT2D eigenvalue weighted by Gasteiger charge is 2.25. The number of hydrogen-bond donors (Lipinski definition) is 3. The Morgan fingerprint density at radius 2 is 1.86 bits per heavy atom. The molecule has 0 spiro atoms. The highest BCUT2D eigenvalue weighted by atomic mass is 16.1. The third-order valence-corrected chi connectivity index (χ3v) is 5.29. The van der Waals surface area contributed by atoms with Crippen LogP contribution in [-0.2, 0) is 11.2 Å². The zero-order valence-corrected chi connectivity index (χ0v) is 15.8. The van der Waals surface area contributed by atoms with Gasteiger partial charge in [-0.3, -0.25) is 9.89 Å². The summed E-state index contributed by atoms with van der Waals surface area (Å²) in [6.07, 6.45) is 2.75. The Labute approximate surface area is 163 Å². The number of amides is 1. The summed E-state index contributed by atoms with van der Waals surface area (Å²) in [5.74, 6) is 1.16. The minimum absolute atomic E-state index is 0.0502. The van der Waals surface area contributed by atoms with Gasteiger partial charge in [-0.25, -0.2) is 0 Å². The number of hydrogen-bond acceptors (Lipinski definition) is 2. The molecule has 1 amide bonds. The van der Waals surface area contributed by atoms with Crippen LogP contribution in [0, 0.1) is 6.92 Å². The summed E-state index contributed by atoms with van der Waals surface area (Å²) >= 11 is 0. The van der Waals surface area contributed by atoms with Crippen molar-refractivity contribution in [3.63, 3.8) is 0 Å². The SMILES string of the molecule is Cc1cc2cc(-c3ccc(CC(=O)Nc4cc(C5CC5)[nH]n4)cc3)ccc2[nH]1. The van der Waals surface area contributed by atoms with Crippen LogP contribution in [-0.4, -0.2) is 21.1 Å². The van der Waals surface area contributed by atoms with E-state index in [4.69, 9.17) is 0 Å². The van der Waals surface area contributed by atoms with E-state index in [1.54, 1.807) is 0 Å². The lowest BCUT2D eigenvalue weighted by Crippen LogP contribution is -2.14. The van der Waals surface area contributed by atoms with Gasteiger partial charge in [-0.2, -0.15) is 5.10 Å². The number of aromatic nitrogens is 3. The molecule has 4 aromatic rings. The van der Waals surface area contributed by atoms with Gasteiger partial charge in [0, 0.05) is 34.3 Å². The number of fused-ring (bicyclic) bond motifs is 1. The second-order valence-corrected chi connectivity index (χ2v) is 7.66. The smallest absolute Gasteiger partial charge is 0.229 e. The molecule has 1 fully saturated rings. The number of carbonyl (C=O) groups is 1. The first-order chi connectivity index (χ1) is 13.6. The average Bonchev–Trinajstić information content (AvgIpc) is 3.31. The summed E-state index contributed by atoms with van der Waals surface area (Å²) in [4.78, 5) is 15.7. The second kappa shape index (κ2) is 6.68. The van der Waals surface area contributed by atoms with E-state index in [-0.39, 0.29) is 5.91 Å². The summed E-state index contributed by atoms with van der Waals surface area (Å²) in [5.41, 5.74) is 6.73. The Morgan fingerprint density at radius 1 is 1.07 bits per heavy atom. The molecule has 0 unspecified atom stereocenters. The zero-order valence-electron chi connectivity index (χ0n) is 15.8. The van der Waals surface area contributed by atoms with Gasteiger partial charge in [-0.15, -0.1) is 0 Å². The molecule has 2 heterocycles. The molecule has 140 valence electrons. The molecule has 1 saturated carbocycles. The maximum Gasteiger partial charge on any atom is 0.229 e. The van der Waals surface area contributed by atoms with Gasteiger partial charge in [0.05, 0.1) is 6.42 Å². The lowest BCUT2D eigenvalue weighted by Gasteiger charge is -2.05. The number of nitrogens with zero attached hydrogens (tertiary/aromatic N) is 1. The number of benzene rings is 2. The maximum atomic E-state index is 12.3. The molecule has 2 aromatic carbocycles. The van der Waals surface area contributed by atoms with Gasteiger partial charge >= 0.3 is 0 Å². The lowest BCUT2D eigenvalue weighted by atomic mass is 10.0. The van der Waals surface area contributed by atoms with Crippen LogP contribution < -0.4 is 5.32 Å². The number of rotatable bonds is 5. The molecular formula is C23H22N4O. The summed E-state index contributed by atoms with van der Waals surface area (Å²) < 4.78 is 0. The van der Waals surface area contributed by atoms with Crippen LogP contribution in [0.4, 0.5) is 5.82 Å². The standard InChI is InChI=1S/C23H22N4O/c1-14-10-19-12-18(8-9-20(19)24-14)16-4-2-15(3-5-16)11-23(28)25-22-13-21(26-27-22)17-6-7-17/h2-5,8-10,12-13,17,24H,6-7,11H2,1H3,(H2,25,26,27,28). The number of aromatic amines is 2. The van der Waals surface area contributed by atoms with Crippen molar-refractivity contribution in [3.05, 3.63) is 71.5 Å². The molecule has 5 heteroatoms. The molecular weight excluding hydrogens is 348 g/mol. The first kappa shape index (κ1) is 16.8. The maximum absolute atomic E-state index is 12.3. The fourth-order valence-corrected chi connectivity index (χ4v) is 3.65. The molecule has 1 aliphatic rings. The first-order valence-electron chi connectivity index (χ1n) is 9.68. The normalized spacial score (nSPS) is 13.8. The van der Waals surface area contributed by atoms with Gasteiger partial charge in [0.2, 0.25) is 5.91 Å². The minimum Gasteiger partial charge on any atom is -0.359 e. The monoisotopic (exact) mass is 370 g/mol. The zero-order chi connectivity index (χ0) is 19.1. The Morgan fingerprint density at radius 3 is 2.64 bits per heavy atom. The molecule has 28 heavy (non-hydrogen) atoms. The molecule has 5 rings (SSSR count). The van der Waals surface area contributed by atoms with Crippen LogP contribution in [0.1, 0.15) is 35.7 Å². The van der Waals surface area contributed by atoms with Crippen molar-refractivity contribution in [2.24, 2.45) is 0 Å². The average molecular weight is 370 g/mol. The number of anilines is 1. The lowest BCUT2D eigenvalue weighted by molar-refractivity contribution is -0.115. The quantitative estimate of drug-likeness (QED) is 0.466. The van der Waals surface area contributed by atoms with Crippen molar-refractivity contribution in [1.29, 1.82) is 0 Å². The van der Waals surface area contributed by atoms with Gasteiger partial charge in [0.15, 0.2) is 5.82 Å². The summed E-state index contributed by atoms with van der Waals surface area (Å²) in [6.45, 7) is 2.06. The van der Waals surface area contributed by atoms with E-state index in [1.807, 2.05) is 18.2 Å². The fraction of sp³-hybridized carbons (Fsp3) is 0.217. The topological polar surface area (TPSA) is 73.6 Å². The van der Waals surface area contributed by atoms with E-state index >= 15 is 0 Å². The van der Waals surface area contributed by atoms with E-state index in [1.165, 1.54) is 23.8 Å². The Kier molecular flexibility index (Phi) is 4.01. The fourth-order valence-electron chi connectivity index (χ4n) is 3.65. The number of carbonyl (C=O) groups excluding carboxylic acids is 1. The van der Waals surface area contributed by atoms with Gasteiger partial charge in [-0.1, -0.05) is 30.3 Å². The van der Waals surface area contributed by atoms with Crippen LogP contribution in [0.25, 0.3) is 22.0 Å². The minimum atomic E-state index is -0.0502. The Bertz CT molecular complexity index is 1150. The van der Waals surface area contributed by atoms with Crippen LogP contribution >= 0.6 is 0 Å². The molecule has 2 aromatic heterocycles. The molecule has 3 N–H and O–H groups in total. The van der Waals surface area contributed by atoms with E-state index in [9.17, 15) is 4.79 Å². The first-order valence-corrected chi connectivity index (χ1v) is 9.68. The molecule has 0 saturated heterocycles. The molecule has 0 radical (unpaired) electrons. The Balaban J connectivity index is 1.26. The summed E-state index contributed by atoms with van der Waals surface area (Å²) in [6, 6.07) is 18.7. The van der Waals surface area contributed by atoms with Crippen molar-refractivity contribution in [2.45, 2.75) is 32.1 Å². The van der Waals surface area contributed by atoms with Crippen molar-refractivity contribution < 1.29 is 4.79 Å². The van der Waals surface area contributed by atoms with Crippen LogP contribution in [0.5, 0.6) is 0 Å². The summed E-state index contributed by atoms with van der Waals surface area (Å²) in [5, 5.41) is 11.3. The molecule has 0 bridgehead atoms. The molecule has 1 aliphatic carbocycles. The number of aryl methyl sites for hydroxylation is 1. The number of H-pyrrole nitrogens is 2. The number of nitrogens with one attached hydrogen (secondary N) is 3. The molecule has 0 aliphatic heterocycles. The van der Waals surface area contributed by atoms with Crippen LogP contribution in [0.15, 0.2) is 54.6 Å². The molecule has 5 nitrogen and oxygen atoms in total. The van der Waals surface area contributed by atoms with E-state index in [2.05, 4.69) is 63.8 Å². The van der Waals surface area contributed by atoms with Crippen LogP contribution in [0.2, 0.25) is 0 Å². The molecule has 0 atom stereocenters. The predicted octanol–water partition coefficient (Wildman–Crippen LogP) is 4.93. The second-order valence-electron chi connectivity index (χ2n) is 7.66. The van der Waals surface area contributed by atoms with Crippen molar-refractivity contribution in [1.82, 2.24) is 15.2 Å². The highest BCUT2D eigenvalue weighted by Crippen LogP contribution is 2.39. The Hall–Kier alpha value is -3.34. The summed E-state index contributed by atoms with van der Waals surface area (Å²) in [7, 11) is 0. The van der Waals surface area contributed by atoms with Crippen molar-refractivity contribution in [2.75, 3.05) is 5.32 Å². The van der Waals surface area contributed by atoms with Crippen LogP contribution in [0.3, 0.4) is 0 Å². The van der Waals surface area contributed by atoms with Crippen molar-refractivity contribution in [3.8, 4) is 11.1 Å². The highest BCUT2D eigenvalue weighted by molar-refractivity contribution is 5.91. The van der Waals surface area contributed by atoms with Gasteiger partial charge < -0.3 is 10.3 Å². The van der Waals surface area contributed by atoms with Gasteiger partial charge in [0.1, 0.15) is 0 Å². The third kappa shape index (κ3) is 3.43. The van der Waals surface area contributed by atoms with E-state index in [0.29, 0.717) is 18.2 Å². The van der Waals surface area contributed by atoms with Gasteiger partial charge in [0.25, 0.3) is 0 Å². The largest absolute Gasteiger partial charge is 0.359 e. The van der Waals surface area contributed by atoms with Gasteiger partial charge in [-0.05, 0) is 54.7 Å². The van der Waals surface area contributed by atoms with E-state index < -0.39 is 0 Å².